The Kier molecular flexibility index (Phi) is 5.49. The van der Waals surface area contributed by atoms with Crippen LogP contribution in [0.15, 0.2) is 18.2 Å². The summed E-state index contributed by atoms with van der Waals surface area (Å²) in [5.41, 5.74) is -0.188. The van der Waals surface area contributed by atoms with E-state index >= 15 is 0 Å². The van der Waals surface area contributed by atoms with Crippen LogP contribution in [0.4, 0.5) is 5.69 Å². The highest BCUT2D eigenvalue weighted by Crippen LogP contribution is 2.25. The molecular weight excluding hydrogens is 300 g/mol. The van der Waals surface area contributed by atoms with E-state index in [0.717, 1.165) is 19.2 Å². The summed E-state index contributed by atoms with van der Waals surface area (Å²) < 4.78 is 10.3. The first kappa shape index (κ1) is 15.7. The lowest BCUT2D eigenvalue weighted by molar-refractivity contribution is -0.384. The fraction of sp³-hybridized carbons (Fsp3) is 0.462. The van der Waals surface area contributed by atoms with Gasteiger partial charge in [-0.15, -0.1) is 0 Å². The summed E-state index contributed by atoms with van der Waals surface area (Å²) in [6.45, 7) is 3.82. The fourth-order valence-electron chi connectivity index (χ4n) is 1.96. The van der Waals surface area contributed by atoms with E-state index in [1.54, 1.807) is 0 Å². The third-order valence-electron chi connectivity index (χ3n) is 3.12. The minimum absolute atomic E-state index is 0.00938. The zero-order valence-electron chi connectivity index (χ0n) is 11.3. The van der Waals surface area contributed by atoms with Crippen LogP contribution < -0.4 is 0 Å². The van der Waals surface area contributed by atoms with E-state index in [4.69, 9.17) is 21.1 Å². The maximum absolute atomic E-state index is 11.8. The van der Waals surface area contributed by atoms with Crippen molar-refractivity contribution in [2.75, 3.05) is 39.5 Å². The number of rotatable bonds is 5. The molecule has 0 aromatic heterocycles. The second kappa shape index (κ2) is 7.35. The van der Waals surface area contributed by atoms with Gasteiger partial charge in [-0.05, 0) is 12.1 Å². The number of benzene rings is 1. The minimum atomic E-state index is -0.632. The first-order valence-electron chi connectivity index (χ1n) is 6.49. The van der Waals surface area contributed by atoms with Gasteiger partial charge in [0.2, 0.25) is 0 Å². The predicted molar refractivity (Wildman–Crippen MR) is 75.6 cm³/mol. The number of nitrogens with zero attached hydrogens (tertiary/aromatic N) is 2. The summed E-state index contributed by atoms with van der Waals surface area (Å²) >= 11 is 5.69. The fourth-order valence-corrected chi connectivity index (χ4v) is 2.14. The van der Waals surface area contributed by atoms with Gasteiger partial charge >= 0.3 is 5.97 Å². The van der Waals surface area contributed by atoms with Gasteiger partial charge in [0.1, 0.15) is 11.6 Å². The maximum atomic E-state index is 11.8. The molecule has 1 aromatic carbocycles. The van der Waals surface area contributed by atoms with Crippen molar-refractivity contribution in [1.29, 1.82) is 0 Å². The summed E-state index contributed by atoms with van der Waals surface area (Å²) in [7, 11) is 0. The summed E-state index contributed by atoms with van der Waals surface area (Å²) in [4.78, 5) is 24.1. The van der Waals surface area contributed by atoms with Gasteiger partial charge in [0.25, 0.3) is 5.69 Å². The van der Waals surface area contributed by atoms with Gasteiger partial charge < -0.3 is 9.47 Å². The Balaban J connectivity index is 1.88. The minimum Gasteiger partial charge on any atom is -0.461 e. The molecule has 8 heteroatoms. The molecule has 2 rings (SSSR count). The van der Waals surface area contributed by atoms with Gasteiger partial charge in [0, 0.05) is 25.7 Å². The molecule has 7 nitrogen and oxygen atoms in total. The molecule has 0 unspecified atom stereocenters. The second-order valence-electron chi connectivity index (χ2n) is 4.51. The molecule has 1 saturated heterocycles. The molecular formula is C13H15ClN2O5. The van der Waals surface area contributed by atoms with Gasteiger partial charge in [0.15, 0.2) is 0 Å². The number of nitro groups is 1. The molecule has 1 heterocycles. The average molecular weight is 315 g/mol. The number of hydrogen-bond acceptors (Lipinski definition) is 6. The highest BCUT2D eigenvalue weighted by Gasteiger charge is 2.17. The number of halogens is 1. The van der Waals surface area contributed by atoms with Crippen LogP contribution in [0.25, 0.3) is 0 Å². The molecule has 1 aromatic rings. The molecule has 21 heavy (non-hydrogen) atoms. The van der Waals surface area contributed by atoms with Crippen LogP contribution in [0.3, 0.4) is 0 Å². The first-order valence-corrected chi connectivity index (χ1v) is 6.87. The van der Waals surface area contributed by atoms with Crippen LogP contribution in [0.2, 0.25) is 5.02 Å². The number of hydrogen-bond donors (Lipinski definition) is 0. The summed E-state index contributed by atoms with van der Waals surface area (Å²) in [6.07, 6.45) is 0. The molecule has 0 atom stereocenters. The molecule has 0 saturated carbocycles. The van der Waals surface area contributed by atoms with Gasteiger partial charge in [-0.1, -0.05) is 11.6 Å². The average Bonchev–Trinajstić information content (AvgIpc) is 2.48. The van der Waals surface area contributed by atoms with Crippen molar-refractivity contribution in [3.05, 3.63) is 38.9 Å². The zero-order chi connectivity index (χ0) is 15.2. The second-order valence-corrected chi connectivity index (χ2v) is 4.92. The summed E-state index contributed by atoms with van der Waals surface area (Å²) in [5.74, 6) is -0.594. The van der Waals surface area contributed by atoms with Crippen molar-refractivity contribution in [3.8, 4) is 0 Å². The van der Waals surface area contributed by atoms with E-state index in [0.29, 0.717) is 19.8 Å². The number of morpholine rings is 1. The van der Waals surface area contributed by atoms with E-state index in [1.807, 2.05) is 0 Å². The van der Waals surface area contributed by atoms with E-state index in [9.17, 15) is 14.9 Å². The highest BCUT2D eigenvalue weighted by molar-refractivity contribution is 6.32. The van der Waals surface area contributed by atoms with Crippen LogP contribution in [-0.2, 0) is 9.47 Å². The van der Waals surface area contributed by atoms with Crippen LogP contribution >= 0.6 is 11.6 Å². The smallest absolute Gasteiger partial charge is 0.338 e. The third-order valence-corrected chi connectivity index (χ3v) is 3.44. The van der Waals surface area contributed by atoms with Crippen LogP contribution in [0.5, 0.6) is 0 Å². The van der Waals surface area contributed by atoms with Gasteiger partial charge in [-0.3, -0.25) is 15.0 Å². The lowest BCUT2D eigenvalue weighted by Gasteiger charge is -2.26. The maximum Gasteiger partial charge on any atom is 0.338 e. The molecule has 0 amide bonds. The molecule has 0 aliphatic carbocycles. The highest BCUT2D eigenvalue weighted by atomic mass is 35.5. The number of ether oxygens (including phenoxy) is 2. The number of esters is 1. The summed E-state index contributed by atoms with van der Waals surface area (Å²) in [5, 5.41) is 10.8. The van der Waals surface area contributed by atoms with Crippen LogP contribution in [0.1, 0.15) is 10.4 Å². The Morgan fingerprint density at radius 3 is 2.81 bits per heavy atom. The molecule has 0 radical (unpaired) electrons. The van der Waals surface area contributed by atoms with Crippen molar-refractivity contribution in [3.63, 3.8) is 0 Å². The molecule has 1 aliphatic rings. The number of carbonyl (C=O) groups excluding carboxylic acids is 1. The van der Waals surface area contributed by atoms with E-state index in [-0.39, 0.29) is 22.9 Å². The molecule has 0 spiro atoms. The quantitative estimate of drug-likeness (QED) is 0.468. The standard InChI is InChI=1S/C13H15ClN2O5/c14-11-2-1-10(9-12(11)16(18)19)13(17)21-8-5-15-3-6-20-7-4-15/h1-2,9H,3-8H2. The zero-order valence-corrected chi connectivity index (χ0v) is 12.0. The van der Waals surface area contributed by atoms with Gasteiger partial charge in [-0.2, -0.15) is 0 Å². The molecule has 1 aliphatic heterocycles. The summed E-state index contributed by atoms with van der Waals surface area (Å²) in [6, 6.07) is 3.85. The van der Waals surface area contributed by atoms with Gasteiger partial charge in [0.05, 0.1) is 23.7 Å². The Morgan fingerprint density at radius 2 is 2.14 bits per heavy atom. The SMILES string of the molecule is O=C(OCCN1CCOCC1)c1ccc(Cl)c([N+](=O)[O-])c1. The molecule has 0 bridgehead atoms. The lowest BCUT2D eigenvalue weighted by atomic mass is 10.2. The predicted octanol–water partition coefficient (Wildman–Crippen LogP) is 1.74. The Bertz CT molecular complexity index is 531. The Hall–Kier alpha value is -1.70. The largest absolute Gasteiger partial charge is 0.461 e. The normalized spacial score (nSPS) is 15.7. The Morgan fingerprint density at radius 1 is 1.43 bits per heavy atom. The van der Waals surface area contributed by atoms with Gasteiger partial charge in [-0.25, -0.2) is 4.79 Å². The van der Waals surface area contributed by atoms with Crippen molar-refractivity contribution in [1.82, 2.24) is 4.90 Å². The number of nitro benzene ring substituents is 1. The van der Waals surface area contributed by atoms with E-state index in [2.05, 4.69) is 4.90 Å². The van der Waals surface area contributed by atoms with Crippen molar-refractivity contribution < 1.29 is 19.2 Å². The molecule has 114 valence electrons. The van der Waals surface area contributed by atoms with Crippen LogP contribution in [-0.4, -0.2) is 55.2 Å². The van der Waals surface area contributed by atoms with Crippen molar-refractivity contribution >= 4 is 23.3 Å². The third kappa shape index (κ3) is 4.38. The monoisotopic (exact) mass is 314 g/mol. The Labute approximate surface area is 126 Å². The van der Waals surface area contributed by atoms with E-state index < -0.39 is 10.9 Å². The number of carbonyl (C=O) groups is 1. The lowest BCUT2D eigenvalue weighted by Crippen LogP contribution is -2.38. The topological polar surface area (TPSA) is 81.9 Å². The molecule has 1 fully saturated rings. The first-order chi connectivity index (χ1) is 10.1. The van der Waals surface area contributed by atoms with Crippen molar-refractivity contribution in [2.45, 2.75) is 0 Å². The van der Waals surface area contributed by atoms with E-state index in [1.165, 1.54) is 12.1 Å². The van der Waals surface area contributed by atoms with Crippen LogP contribution in [0, 0.1) is 10.1 Å². The molecule has 0 N–H and O–H groups in total. The van der Waals surface area contributed by atoms with Crippen molar-refractivity contribution in [2.24, 2.45) is 0 Å².